The SMILES string of the molecule is CNS(=O)(=O)c1ccc(CNC(=O)c2cc(S(=O)(=O)NC(C)C)c[nH]2)cc1. The van der Waals surface area contributed by atoms with E-state index in [0.29, 0.717) is 5.56 Å². The predicted octanol–water partition coefficient (Wildman–Crippen LogP) is 0.540. The number of aromatic amines is 1. The van der Waals surface area contributed by atoms with Gasteiger partial charge in [-0.05, 0) is 44.7 Å². The van der Waals surface area contributed by atoms with Crippen molar-refractivity contribution in [1.82, 2.24) is 19.7 Å². The van der Waals surface area contributed by atoms with E-state index >= 15 is 0 Å². The normalized spacial score (nSPS) is 12.3. The highest BCUT2D eigenvalue weighted by molar-refractivity contribution is 7.89. The van der Waals surface area contributed by atoms with Gasteiger partial charge in [0, 0.05) is 18.8 Å². The maximum Gasteiger partial charge on any atom is 0.268 e. The van der Waals surface area contributed by atoms with Crippen LogP contribution in [0.15, 0.2) is 46.3 Å². The van der Waals surface area contributed by atoms with Crippen LogP contribution in [0.25, 0.3) is 0 Å². The van der Waals surface area contributed by atoms with Crippen molar-refractivity contribution in [2.45, 2.75) is 36.2 Å². The Morgan fingerprint density at radius 2 is 1.67 bits per heavy atom. The van der Waals surface area contributed by atoms with E-state index in [1.54, 1.807) is 26.0 Å². The molecule has 11 heteroatoms. The molecule has 0 saturated carbocycles. The molecule has 0 aliphatic rings. The maximum atomic E-state index is 12.2. The van der Waals surface area contributed by atoms with E-state index in [1.807, 2.05) is 0 Å². The molecular formula is C16H22N4O5S2. The summed E-state index contributed by atoms with van der Waals surface area (Å²) in [6.45, 7) is 3.56. The predicted molar refractivity (Wildman–Crippen MR) is 100 cm³/mol. The van der Waals surface area contributed by atoms with Crippen LogP contribution in [0.2, 0.25) is 0 Å². The number of rotatable bonds is 8. The van der Waals surface area contributed by atoms with E-state index in [0.717, 1.165) is 0 Å². The first-order valence-electron chi connectivity index (χ1n) is 8.06. The number of amides is 1. The van der Waals surface area contributed by atoms with Gasteiger partial charge in [0.05, 0.1) is 4.90 Å². The van der Waals surface area contributed by atoms with Crippen LogP contribution in [-0.4, -0.2) is 40.8 Å². The molecule has 4 N–H and O–H groups in total. The van der Waals surface area contributed by atoms with Crippen molar-refractivity contribution in [2.75, 3.05) is 7.05 Å². The Balaban J connectivity index is 2.03. The minimum absolute atomic E-state index is 0.0250. The van der Waals surface area contributed by atoms with Gasteiger partial charge in [0.1, 0.15) is 10.6 Å². The first kappa shape index (κ1) is 21.1. The highest BCUT2D eigenvalue weighted by Gasteiger charge is 2.19. The summed E-state index contributed by atoms with van der Waals surface area (Å²) in [5.41, 5.74) is 0.799. The molecule has 9 nitrogen and oxygen atoms in total. The van der Waals surface area contributed by atoms with Crippen LogP contribution >= 0.6 is 0 Å². The molecule has 0 saturated heterocycles. The van der Waals surface area contributed by atoms with Gasteiger partial charge in [0.25, 0.3) is 5.91 Å². The molecule has 27 heavy (non-hydrogen) atoms. The minimum atomic E-state index is -3.68. The van der Waals surface area contributed by atoms with Crippen molar-refractivity contribution in [3.8, 4) is 0 Å². The lowest BCUT2D eigenvalue weighted by atomic mass is 10.2. The molecular weight excluding hydrogens is 392 g/mol. The molecule has 2 rings (SSSR count). The number of carbonyl (C=O) groups is 1. The summed E-state index contributed by atoms with van der Waals surface area (Å²) in [5.74, 6) is -0.479. The first-order valence-corrected chi connectivity index (χ1v) is 11.0. The third-order valence-corrected chi connectivity index (χ3v) is 6.63. The fourth-order valence-corrected chi connectivity index (χ4v) is 4.19. The minimum Gasteiger partial charge on any atom is -0.356 e. The van der Waals surface area contributed by atoms with Crippen molar-refractivity contribution >= 4 is 26.0 Å². The highest BCUT2D eigenvalue weighted by Crippen LogP contribution is 2.12. The van der Waals surface area contributed by atoms with E-state index in [-0.39, 0.29) is 28.1 Å². The van der Waals surface area contributed by atoms with Gasteiger partial charge in [-0.25, -0.2) is 26.3 Å². The number of hydrogen-bond acceptors (Lipinski definition) is 5. The second-order valence-corrected chi connectivity index (χ2v) is 9.66. The van der Waals surface area contributed by atoms with Gasteiger partial charge in [-0.2, -0.15) is 0 Å². The number of sulfonamides is 2. The molecule has 0 fully saturated rings. The molecule has 1 heterocycles. The Morgan fingerprint density at radius 3 is 2.22 bits per heavy atom. The molecule has 1 aromatic carbocycles. The second-order valence-electron chi connectivity index (χ2n) is 6.06. The fraction of sp³-hybridized carbons (Fsp3) is 0.312. The monoisotopic (exact) mass is 414 g/mol. The zero-order valence-electron chi connectivity index (χ0n) is 15.1. The van der Waals surface area contributed by atoms with E-state index in [2.05, 4.69) is 19.7 Å². The highest BCUT2D eigenvalue weighted by atomic mass is 32.2. The zero-order valence-corrected chi connectivity index (χ0v) is 16.7. The summed E-state index contributed by atoms with van der Waals surface area (Å²) < 4.78 is 52.2. The second kappa shape index (κ2) is 8.21. The zero-order chi connectivity index (χ0) is 20.2. The number of carbonyl (C=O) groups excluding carboxylic acids is 1. The first-order chi connectivity index (χ1) is 12.5. The average molecular weight is 415 g/mol. The van der Waals surface area contributed by atoms with Gasteiger partial charge in [0.2, 0.25) is 20.0 Å². The van der Waals surface area contributed by atoms with Crippen molar-refractivity contribution in [3.63, 3.8) is 0 Å². The van der Waals surface area contributed by atoms with Gasteiger partial charge in [-0.1, -0.05) is 12.1 Å². The van der Waals surface area contributed by atoms with Crippen molar-refractivity contribution < 1.29 is 21.6 Å². The molecule has 2 aromatic rings. The number of hydrogen-bond donors (Lipinski definition) is 4. The topological polar surface area (TPSA) is 137 Å². The standard InChI is InChI=1S/C16H22N4O5S2/c1-11(2)20-27(24,25)14-8-15(18-10-14)16(21)19-9-12-4-6-13(7-5-12)26(22,23)17-3/h4-8,10-11,17-18,20H,9H2,1-3H3,(H,19,21). The van der Waals surface area contributed by atoms with Crippen molar-refractivity contribution in [1.29, 1.82) is 0 Å². The molecule has 0 aliphatic heterocycles. The number of benzene rings is 1. The van der Waals surface area contributed by atoms with Gasteiger partial charge in [-0.15, -0.1) is 0 Å². The molecule has 0 atom stereocenters. The Kier molecular flexibility index (Phi) is 6.42. The van der Waals surface area contributed by atoms with E-state index in [4.69, 9.17) is 0 Å². The molecule has 0 bridgehead atoms. The van der Waals surface area contributed by atoms with E-state index in [1.165, 1.54) is 31.4 Å². The summed E-state index contributed by atoms with van der Waals surface area (Å²) in [6, 6.07) is 7.03. The van der Waals surface area contributed by atoms with Crippen LogP contribution in [0.4, 0.5) is 0 Å². The average Bonchev–Trinajstić information content (AvgIpc) is 3.10. The summed E-state index contributed by atoms with van der Waals surface area (Å²) in [6.07, 6.45) is 1.25. The van der Waals surface area contributed by atoms with Gasteiger partial charge in [-0.3, -0.25) is 4.79 Å². The smallest absolute Gasteiger partial charge is 0.268 e. The Hall–Kier alpha value is -2.21. The van der Waals surface area contributed by atoms with Crippen molar-refractivity contribution in [2.24, 2.45) is 0 Å². The van der Waals surface area contributed by atoms with Crippen LogP contribution in [0.5, 0.6) is 0 Å². The van der Waals surface area contributed by atoms with Crippen LogP contribution in [-0.2, 0) is 26.6 Å². The molecule has 0 radical (unpaired) electrons. The van der Waals surface area contributed by atoms with E-state index < -0.39 is 26.0 Å². The number of aromatic nitrogens is 1. The van der Waals surface area contributed by atoms with E-state index in [9.17, 15) is 21.6 Å². The Labute approximate surface area is 158 Å². The number of H-pyrrole nitrogens is 1. The molecule has 148 valence electrons. The summed E-state index contributed by atoms with van der Waals surface area (Å²) in [7, 11) is -5.87. The largest absolute Gasteiger partial charge is 0.356 e. The molecule has 1 amide bonds. The van der Waals surface area contributed by atoms with Crippen molar-refractivity contribution in [3.05, 3.63) is 47.8 Å². The third-order valence-electron chi connectivity index (χ3n) is 3.56. The maximum absolute atomic E-state index is 12.2. The summed E-state index contributed by atoms with van der Waals surface area (Å²) in [5, 5.41) is 2.64. The van der Waals surface area contributed by atoms with Crippen LogP contribution < -0.4 is 14.8 Å². The Bertz CT molecular complexity index is 1010. The molecule has 0 aliphatic carbocycles. The lowest BCUT2D eigenvalue weighted by molar-refractivity contribution is 0.0946. The third kappa shape index (κ3) is 5.39. The Morgan fingerprint density at radius 1 is 1.04 bits per heavy atom. The van der Waals surface area contributed by atoms with Crippen LogP contribution in [0.3, 0.4) is 0 Å². The number of nitrogens with one attached hydrogen (secondary N) is 4. The molecule has 1 aromatic heterocycles. The molecule has 0 unspecified atom stereocenters. The van der Waals surface area contributed by atoms with Gasteiger partial charge in [0.15, 0.2) is 0 Å². The molecule has 0 spiro atoms. The van der Waals surface area contributed by atoms with Crippen LogP contribution in [0.1, 0.15) is 29.9 Å². The lowest BCUT2D eigenvalue weighted by Crippen LogP contribution is -2.30. The quantitative estimate of drug-likeness (QED) is 0.500. The lowest BCUT2D eigenvalue weighted by Gasteiger charge is -2.07. The fourth-order valence-electron chi connectivity index (χ4n) is 2.22. The van der Waals surface area contributed by atoms with Crippen LogP contribution in [0, 0.1) is 0 Å². The van der Waals surface area contributed by atoms with Gasteiger partial charge < -0.3 is 10.3 Å². The summed E-state index contributed by atoms with van der Waals surface area (Å²) in [4.78, 5) is 14.9. The summed E-state index contributed by atoms with van der Waals surface area (Å²) >= 11 is 0. The van der Waals surface area contributed by atoms with Gasteiger partial charge >= 0.3 is 0 Å².